The fourth-order valence-electron chi connectivity index (χ4n) is 2.53. The molecule has 0 saturated heterocycles. The van der Waals surface area contributed by atoms with Crippen LogP contribution in [0.2, 0.25) is 0 Å². The number of nitrogens with zero attached hydrogens (tertiary/aromatic N) is 4. The first-order chi connectivity index (χ1) is 13.9. The molecule has 6 N–H and O–H groups in total. The fraction of sp³-hybridized carbons (Fsp3) is 0.0556. The predicted octanol–water partition coefficient (Wildman–Crippen LogP) is 2.61. The van der Waals surface area contributed by atoms with E-state index in [1.165, 1.54) is 24.5 Å². The normalized spacial score (nSPS) is 11.1. The molecule has 1 heterocycles. The molecule has 3 aromatic rings. The van der Waals surface area contributed by atoms with E-state index in [0.29, 0.717) is 16.9 Å². The van der Waals surface area contributed by atoms with Crippen LogP contribution in [0.15, 0.2) is 57.8 Å². The molecule has 0 bridgehead atoms. The summed E-state index contributed by atoms with van der Waals surface area (Å²) >= 11 is 1.40. The maximum absolute atomic E-state index is 11.2. The molecule has 2 aromatic carbocycles. The Labute approximate surface area is 169 Å². The van der Waals surface area contributed by atoms with Crippen LogP contribution in [-0.2, 0) is 0 Å². The number of aliphatic imine (C=N–C) groups is 2. The molecule has 0 spiro atoms. The van der Waals surface area contributed by atoms with Crippen LogP contribution in [0.4, 0.5) is 11.4 Å². The van der Waals surface area contributed by atoms with Gasteiger partial charge >= 0.3 is 5.69 Å². The second-order valence-electron chi connectivity index (χ2n) is 5.74. The van der Waals surface area contributed by atoms with E-state index in [2.05, 4.69) is 15.0 Å². The van der Waals surface area contributed by atoms with Crippen LogP contribution in [0.25, 0.3) is 21.8 Å². The zero-order valence-electron chi connectivity index (χ0n) is 15.3. The molecule has 29 heavy (non-hydrogen) atoms. The Hall–Kier alpha value is -3.99. The van der Waals surface area contributed by atoms with Crippen LogP contribution in [0.1, 0.15) is 0 Å². The summed E-state index contributed by atoms with van der Waals surface area (Å²) in [5.74, 6) is -0.0498. The van der Waals surface area contributed by atoms with E-state index in [9.17, 15) is 10.1 Å². The summed E-state index contributed by atoms with van der Waals surface area (Å²) < 4.78 is 5.03. The third kappa shape index (κ3) is 4.65. The van der Waals surface area contributed by atoms with Crippen LogP contribution in [0.3, 0.4) is 0 Å². The number of aromatic nitrogens is 1. The van der Waals surface area contributed by atoms with Crippen LogP contribution in [0.5, 0.6) is 5.75 Å². The van der Waals surface area contributed by atoms with Crippen molar-refractivity contribution in [2.24, 2.45) is 27.2 Å². The molecule has 0 unspecified atom stereocenters. The van der Waals surface area contributed by atoms with Gasteiger partial charge in [-0.3, -0.25) is 10.1 Å². The zero-order chi connectivity index (χ0) is 21.0. The van der Waals surface area contributed by atoms with Crippen molar-refractivity contribution in [1.29, 1.82) is 0 Å². The number of methoxy groups -OCH3 is 1. The van der Waals surface area contributed by atoms with E-state index in [1.807, 2.05) is 11.4 Å². The maximum atomic E-state index is 11.2. The van der Waals surface area contributed by atoms with E-state index >= 15 is 0 Å². The fourth-order valence-corrected chi connectivity index (χ4v) is 3.36. The third-order valence-electron chi connectivity index (χ3n) is 3.76. The number of guanidine groups is 2. The summed E-state index contributed by atoms with van der Waals surface area (Å²) in [4.78, 5) is 23.2. The van der Waals surface area contributed by atoms with Crippen molar-refractivity contribution in [2.45, 2.75) is 0 Å². The first-order valence-electron chi connectivity index (χ1n) is 8.20. The Morgan fingerprint density at radius 3 is 2.66 bits per heavy atom. The van der Waals surface area contributed by atoms with E-state index in [1.54, 1.807) is 30.3 Å². The van der Waals surface area contributed by atoms with Crippen molar-refractivity contribution in [3.8, 4) is 27.6 Å². The second kappa shape index (κ2) is 8.35. The van der Waals surface area contributed by atoms with E-state index in [4.69, 9.17) is 21.9 Å². The molecule has 0 atom stereocenters. The first kappa shape index (κ1) is 19.8. The van der Waals surface area contributed by atoms with Crippen LogP contribution < -0.4 is 21.9 Å². The number of nitrogens with two attached hydrogens (primary N) is 3. The maximum Gasteiger partial charge on any atom is 0.311 e. The number of rotatable bonds is 5. The van der Waals surface area contributed by atoms with Gasteiger partial charge in [0.2, 0.25) is 5.96 Å². The standard InChI is InChI=1S/C18H17N7O3S/c1-28-15-6-5-10(8-14(15)25(26)27)13-9-29-16(23-13)11-3-2-4-12(7-11)22-18(21)24-17(19)20/h2-9H,1H3,(H6,19,20,21,22,24). The number of ether oxygens (including phenoxy) is 1. The monoisotopic (exact) mass is 411 g/mol. The summed E-state index contributed by atoms with van der Waals surface area (Å²) in [6.45, 7) is 0. The lowest BCUT2D eigenvalue weighted by molar-refractivity contribution is -0.385. The molecule has 11 heteroatoms. The highest BCUT2D eigenvalue weighted by molar-refractivity contribution is 7.13. The third-order valence-corrected chi connectivity index (χ3v) is 4.65. The average Bonchev–Trinajstić information content (AvgIpc) is 3.17. The smallest absolute Gasteiger partial charge is 0.311 e. The number of benzene rings is 2. The number of hydrogen-bond donors (Lipinski definition) is 3. The van der Waals surface area contributed by atoms with Crippen molar-refractivity contribution >= 4 is 34.6 Å². The zero-order valence-corrected chi connectivity index (χ0v) is 16.1. The quantitative estimate of drug-likeness (QED) is 0.251. The Balaban J connectivity index is 1.93. The van der Waals surface area contributed by atoms with Gasteiger partial charge in [-0.15, -0.1) is 11.3 Å². The van der Waals surface area contributed by atoms with Gasteiger partial charge in [0.05, 0.1) is 23.4 Å². The van der Waals surface area contributed by atoms with E-state index < -0.39 is 4.92 Å². The van der Waals surface area contributed by atoms with Gasteiger partial charge in [-0.05, 0) is 24.3 Å². The summed E-state index contributed by atoms with van der Waals surface area (Å²) in [7, 11) is 1.39. The molecule has 148 valence electrons. The van der Waals surface area contributed by atoms with Gasteiger partial charge in [-0.25, -0.2) is 9.98 Å². The summed E-state index contributed by atoms with van der Waals surface area (Å²) in [5, 5.41) is 13.8. The number of nitro groups is 1. The summed E-state index contributed by atoms with van der Waals surface area (Å²) in [5.41, 5.74) is 18.7. The van der Waals surface area contributed by atoms with Crippen molar-refractivity contribution < 1.29 is 9.66 Å². The van der Waals surface area contributed by atoms with Crippen molar-refractivity contribution in [1.82, 2.24) is 4.98 Å². The van der Waals surface area contributed by atoms with Gasteiger partial charge in [0.15, 0.2) is 11.7 Å². The van der Waals surface area contributed by atoms with Crippen molar-refractivity contribution in [2.75, 3.05) is 7.11 Å². The molecule has 0 aliphatic carbocycles. The largest absolute Gasteiger partial charge is 0.490 e. The molecular formula is C18H17N7O3S. The predicted molar refractivity (Wildman–Crippen MR) is 113 cm³/mol. The molecule has 1 aromatic heterocycles. The highest BCUT2D eigenvalue weighted by atomic mass is 32.1. The Morgan fingerprint density at radius 2 is 1.97 bits per heavy atom. The molecule has 0 aliphatic rings. The number of nitro benzene ring substituents is 1. The molecule has 0 amide bonds. The van der Waals surface area contributed by atoms with Crippen molar-refractivity contribution in [3.05, 3.63) is 58.0 Å². The molecule has 0 aliphatic heterocycles. The Kier molecular flexibility index (Phi) is 5.69. The molecule has 0 saturated carbocycles. The number of hydrogen-bond acceptors (Lipinski definition) is 6. The van der Waals surface area contributed by atoms with Crippen LogP contribution >= 0.6 is 11.3 Å². The van der Waals surface area contributed by atoms with E-state index in [-0.39, 0.29) is 23.4 Å². The minimum atomic E-state index is -0.488. The lowest BCUT2D eigenvalue weighted by Gasteiger charge is -2.03. The molecular weight excluding hydrogens is 394 g/mol. The topological polar surface area (TPSA) is 168 Å². The lowest BCUT2D eigenvalue weighted by atomic mass is 10.1. The second-order valence-corrected chi connectivity index (χ2v) is 6.60. The summed E-state index contributed by atoms with van der Waals surface area (Å²) in [6.07, 6.45) is 0. The minimum absolute atomic E-state index is 0.0625. The van der Waals surface area contributed by atoms with Gasteiger partial charge in [-0.1, -0.05) is 12.1 Å². The molecule has 3 rings (SSSR count). The Morgan fingerprint density at radius 1 is 1.17 bits per heavy atom. The van der Waals surface area contributed by atoms with Gasteiger partial charge in [0, 0.05) is 22.6 Å². The SMILES string of the molecule is COc1ccc(-c2csc(-c3cccc(N=C(N)N=C(N)N)c3)n2)cc1[N+](=O)[O-]. The van der Waals surface area contributed by atoms with Crippen LogP contribution in [0, 0.1) is 10.1 Å². The summed E-state index contributed by atoms with van der Waals surface area (Å²) in [6, 6.07) is 11.9. The van der Waals surface area contributed by atoms with Crippen LogP contribution in [-0.4, -0.2) is 28.9 Å². The molecule has 0 radical (unpaired) electrons. The highest BCUT2D eigenvalue weighted by Gasteiger charge is 2.17. The first-order valence-corrected chi connectivity index (χ1v) is 9.08. The Bertz CT molecular complexity index is 1120. The lowest BCUT2D eigenvalue weighted by Crippen LogP contribution is -2.26. The average molecular weight is 411 g/mol. The van der Waals surface area contributed by atoms with Gasteiger partial charge in [-0.2, -0.15) is 4.99 Å². The molecule has 10 nitrogen and oxygen atoms in total. The van der Waals surface area contributed by atoms with Crippen molar-refractivity contribution in [3.63, 3.8) is 0 Å². The van der Waals surface area contributed by atoms with Gasteiger partial charge < -0.3 is 21.9 Å². The highest BCUT2D eigenvalue weighted by Crippen LogP contribution is 2.35. The number of thiazole rings is 1. The minimum Gasteiger partial charge on any atom is -0.490 e. The van der Waals surface area contributed by atoms with Gasteiger partial charge in [0.25, 0.3) is 0 Å². The molecule has 0 fully saturated rings. The van der Waals surface area contributed by atoms with E-state index in [0.717, 1.165) is 10.6 Å². The van der Waals surface area contributed by atoms with Gasteiger partial charge in [0.1, 0.15) is 5.01 Å².